The number of morpholine rings is 1. The maximum Gasteiger partial charge on any atom is 0.282 e. The highest BCUT2D eigenvalue weighted by atomic mass is 32.2. The number of rotatable bonds is 9. The lowest BCUT2D eigenvalue weighted by Gasteiger charge is -2.37. The summed E-state index contributed by atoms with van der Waals surface area (Å²) in [6.07, 6.45) is 0.957. The lowest BCUT2D eigenvalue weighted by Crippen LogP contribution is -2.55. The van der Waals surface area contributed by atoms with Crippen LogP contribution >= 0.6 is 0 Å². The van der Waals surface area contributed by atoms with Crippen molar-refractivity contribution in [3.63, 3.8) is 0 Å². The van der Waals surface area contributed by atoms with Crippen molar-refractivity contribution in [2.45, 2.75) is 19.8 Å². The van der Waals surface area contributed by atoms with Crippen LogP contribution in [0.4, 0.5) is 0 Å². The molecule has 1 aromatic rings. The van der Waals surface area contributed by atoms with Crippen LogP contribution in [-0.2, 0) is 19.7 Å². The second-order valence-electron chi connectivity index (χ2n) is 7.13. The highest BCUT2D eigenvalue weighted by Crippen LogP contribution is 2.26. The van der Waals surface area contributed by atoms with Gasteiger partial charge in [0.25, 0.3) is 10.2 Å². The van der Waals surface area contributed by atoms with E-state index in [0.29, 0.717) is 90.0 Å². The van der Waals surface area contributed by atoms with Crippen molar-refractivity contribution >= 4 is 16.1 Å². The van der Waals surface area contributed by atoms with E-state index in [0.717, 1.165) is 0 Å². The van der Waals surface area contributed by atoms with Crippen LogP contribution in [0.15, 0.2) is 24.3 Å². The number of nitrogens with zero attached hydrogens (tertiary/aromatic N) is 3. The summed E-state index contributed by atoms with van der Waals surface area (Å²) in [5.74, 6) is 1.40. The van der Waals surface area contributed by atoms with Gasteiger partial charge in [-0.05, 0) is 25.5 Å². The predicted molar refractivity (Wildman–Crippen MR) is 112 cm³/mol. The molecule has 3 rings (SSSR count). The average Bonchev–Trinajstić information content (AvgIpc) is 2.78. The molecule has 0 spiro atoms. The quantitative estimate of drug-likeness (QED) is 0.531. The Kier molecular flexibility index (Phi) is 8.32. The molecule has 30 heavy (non-hydrogen) atoms. The molecule has 2 fully saturated rings. The summed E-state index contributed by atoms with van der Waals surface area (Å²) in [6.45, 7) is 5.99. The number of carbonyl (C=O) groups is 1. The molecule has 0 atom stereocenters. The van der Waals surface area contributed by atoms with E-state index in [1.54, 1.807) is 4.90 Å². The summed E-state index contributed by atoms with van der Waals surface area (Å²) in [5, 5.41) is 0. The monoisotopic (exact) mass is 441 g/mol. The molecule has 0 unspecified atom stereocenters. The molecular weight excluding hydrogens is 410 g/mol. The van der Waals surface area contributed by atoms with E-state index in [-0.39, 0.29) is 5.91 Å². The number of ether oxygens (including phenoxy) is 3. The van der Waals surface area contributed by atoms with Gasteiger partial charge in [0, 0.05) is 45.7 Å². The third-order valence-corrected chi connectivity index (χ3v) is 7.19. The van der Waals surface area contributed by atoms with Gasteiger partial charge >= 0.3 is 0 Å². The van der Waals surface area contributed by atoms with Gasteiger partial charge in [-0.1, -0.05) is 12.1 Å². The molecule has 0 saturated carbocycles. The predicted octanol–water partition coefficient (Wildman–Crippen LogP) is 0.966. The van der Waals surface area contributed by atoms with Crippen molar-refractivity contribution < 1.29 is 27.4 Å². The molecular formula is C20H31N3O6S. The van der Waals surface area contributed by atoms with Crippen molar-refractivity contribution in [1.82, 2.24) is 13.5 Å². The van der Waals surface area contributed by atoms with Crippen LogP contribution in [0.3, 0.4) is 0 Å². The number of benzene rings is 1. The summed E-state index contributed by atoms with van der Waals surface area (Å²) >= 11 is 0. The third kappa shape index (κ3) is 5.84. The van der Waals surface area contributed by atoms with E-state index >= 15 is 0 Å². The van der Waals surface area contributed by atoms with Crippen LogP contribution < -0.4 is 9.47 Å². The van der Waals surface area contributed by atoms with E-state index in [1.165, 1.54) is 8.61 Å². The maximum atomic E-state index is 12.7. The lowest BCUT2D eigenvalue weighted by atomic mass is 10.2. The fraction of sp³-hybridized carbons (Fsp3) is 0.650. The molecule has 10 heteroatoms. The standard InChI is InChI=1S/C20H31N3O6S/c1-2-28-18-6-3-4-7-19(18)29-15-5-8-20(24)21-9-11-22(12-10-21)30(25,26)23-13-16-27-17-14-23/h3-4,6-7H,2,5,8-17H2,1H3. The molecule has 2 saturated heterocycles. The Morgan fingerprint density at radius 2 is 1.57 bits per heavy atom. The smallest absolute Gasteiger partial charge is 0.282 e. The normalized spacial score (nSPS) is 18.9. The molecule has 0 aromatic heterocycles. The maximum absolute atomic E-state index is 12.7. The van der Waals surface area contributed by atoms with Gasteiger partial charge < -0.3 is 19.1 Å². The summed E-state index contributed by atoms with van der Waals surface area (Å²) in [6, 6.07) is 7.48. The van der Waals surface area contributed by atoms with E-state index in [9.17, 15) is 13.2 Å². The van der Waals surface area contributed by atoms with Crippen molar-refractivity contribution in [3.8, 4) is 11.5 Å². The molecule has 1 aromatic carbocycles. The van der Waals surface area contributed by atoms with Crippen LogP contribution in [0.5, 0.6) is 11.5 Å². The second kappa shape index (κ2) is 10.9. The van der Waals surface area contributed by atoms with Crippen molar-refractivity contribution in [2.75, 3.05) is 65.7 Å². The first-order chi connectivity index (χ1) is 14.5. The molecule has 2 aliphatic heterocycles. The van der Waals surface area contributed by atoms with Crippen LogP contribution in [0, 0.1) is 0 Å². The molecule has 1 amide bonds. The van der Waals surface area contributed by atoms with E-state index in [4.69, 9.17) is 14.2 Å². The van der Waals surface area contributed by atoms with Gasteiger partial charge in [0.1, 0.15) is 0 Å². The Labute approximate surface area is 178 Å². The van der Waals surface area contributed by atoms with Gasteiger partial charge in [0.2, 0.25) is 5.91 Å². The molecule has 0 bridgehead atoms. The first kappa shape index (κ1) is 22.8. The fourth-order valence-corrected chi connectivity index (χ4v) is 5.08. The number of hydrogen-bond acceptors (Lipinski definition) is 6. The molecule has 168 valence electrons. The Bertz CT molecular complexity index is 789. The largest absolute Gasteiger partial charge is 0.490 e. The minimum Gasteiger partial charge on any atom is -0.490 e. The zero-order chi connectivity index (χ0) is 21.4. The minimum absolute atomic E-state index is 0.0279. The minimum atomic E-state index is -3.48. The summed E-state index contributed by atoms with van der Waals surface area (Å²) in [5.41, 5.74) is 0. The molecule has 2 heterocycles. The zero-order valence-electron chi connectivity index (χ0n) is 17.5. The van der Waals surface area contributed by atoms with Gasteiger partial charge in [-0.15, -0.1) is 0 Å². The molecule has 0 radical (unpaired) electrons. The number of hydrogen-bond donors (Lipinski definition) is 0. The van der Waals surface area contributed by atoms with E-state index in [1.807, 2.05) is 31.2 Å². The Hall–Kier alpha value is -1.88. The highest BCUT2D eigenvalue weighted by molar-refractivity contribution is 7.86. The fourth-order valence-electron chi connectivity index (χ4n) is 3.52. The van der Waals surface area contributed by atoms with Gasteiger partial charge in [-0.25, -0.2) is 0 Å². The van der Waals surface area contributed by atoms with Gasteiger partial charge in [-0.3, -0.25) is 4.79 Å². The van der Waals surface area contributed by atoms with Crippen molar-refractivity contribution in [2.24, 2.45) is 0 Å². The van der Waals surface area contributed by atoms with Crippen LogP contribution in [0.25, 0.3) is 0 Å². The lowest BCUT2D eigenvalue weighted by molar-refractivity contribution is -0.132. The van der Waals surface area contributed by atoms with Crippen molar-refractivity contribution in [1.29, 1.82) is 0 Å². The molecule has 2 aliphatic rings. The number of para-hydroxylation sites is 2. The zero-order valence-corrected chi connectivity index (χ0v) is 18.3. The number of piperazine rings is 1. The first-order valence-corrected chi connectivity index (χ1v) is 11.9. The van der Waals surface area contributed by atoms with E-state index in [2.05, 4.69) is 0 Å². The first-order valence-electron chi connectivity index (χ1n) is 10.5. The highest BCUT2D eigenvalue weighted by Gasteiger charge is 2.34. The Morgan fingerprint density at radius 1 is 0.967 bits per heavy atom. The van der Waals surface area contributed by atoms with Crippen LogP contribution in [0.2, 0.25) is 0 Å². The Morgan fingerprint density at radius 3 is 2.20 bits per heavy atom. The average molecular weight is 442 g/mol. The topological polar surface area (TPSA) is 88.6 Å². The van der Waals surface area contributed by atoms with Crippen LogP contribution in [-0.4, -0.2) is 93.5 Å². The van der Waals surface area contributed by atoms with E-state index < -0.39 is 10.2 Å². The third-order valence-electron chi connectivity index (χ3n) is 5.16. The summed E-state index contributed by atoms with van der Waals surface area (Å²) in [4.78, 5) is 14.2. The molecule has 9 nitrogen and oxygen atoms in total. The van der Waals surface area contributed by atoms with Gasteiger partial charge in [0.15, 0.2) is 11.5 Å². The molecule has 0 N–H and O–H groups in total. The van der Waals surface area contributed by atoms with Crippen molar-refractivity contribution in [3.05, 3.63) is 24.3 Å². The summed E-state index contributed by atoms with van der Waals surface area (Å²) < 4.78 is 44.9. The SMILES string of the molecule is CCOc1ccccc1OCCCC(=O)N1CCN(S(=O)(=O)N2CCOCC2)CC1. The van der Waals surface area contributed by atoms with Gasteiger partial charge in [0.05, 0.1) is 26.4 Å². The molecule has 0 aliphatic carbocycles. The number of amides is 1. The van der Waals surface area contributed by atoms with Gasteiger partial charge in [-0.2, -0.15) is 17.0 Å². The number of carbonyl (C=O) groups excluding carboxylic acids is 1. The second-order valence-corrected chi connectivity index (χ2v) is 9.06. The Balaban J connectivity index is 1.39. The summed E-state index contributed by atoms with van der Waals surface area (Å²) in [7, 11) is -3.48. The van der Waals surface area contributed by atoms with Crippen LogP contribution in [0.1, 0.15) is 19.8 Å².